The Bertz CT molecular complexity index is 854. The lowest BCUT2D eigenvalue weighted by molar-refractivity contribution is 0.101. The number of benzene rings is 2. The molecule has 1 amide bonds. The van der Waals surface area contributed by atoms with Gasteiger partial charge in [0, 0.05) is 22.3 Å². The molecule has 23 heavy (non-hydrogen) atoms. The first kappa shape index (κ1) is 15.1. The summed E-state index contributed by atoms with van der Waals surface area (Å²) in [4.78, 5) is 12.2. The zero-order valence-corrected chi connectivity index (χ0v) is 13.0. The summed E-state index contributed by atoms with van der Waals surface area (Å²) >= 11 is 5.97. The quantitative estimate of drug-likeness (QED) is 0.753. The molecule has 0 bridgehead atoms. The lowest BCUT2D eigenvalue weighted by Crippen LogP contribution is -2.12. The highest BCUT2D eigenvalue weighted by Gasteiger charge is 2.14. The summed E-state index contributed by atoms with van der Waals surface area (Å²) in [7, 11) is 0. The number of amides is 1. The Hall–Kier alpha value is -2.79. The number of anilines is 1. The number of aryl methyl sites for hydroxylation is 1. The molecule has 0 aliphatic rings. The number of carbonyl (C=O) groups excluding carboxylic acids is 1. The third kappa shape index (κ3) is 3.52. The van der Waals surface area contributed by atoms with E-state index in [1.165, 1.54) is 12.1 Å². The van der Waals surface area contributed by atoms with Crippen LogP contribution in [-0.4, -0.2) is 16.2 Å². The molecule has 0 aliphatic carbocycles. The fourth-order valence-electron chi connectivity index (χ4n) is 2.18. The van der Waals surface area contributed by atoms with Gasteiger partial charge in [-0.2, -0.15) is 0 Å². The van der Waals surface area contributed by atoms with Crippen molar-refractivity contribution in [2.75, 3.05) is 5.32 Å². The Labute approximate surface area is 137 Å². The van der Waals surface area contributed by atoms with Gasteiger partial charge in [0.25, 0.3) is 5.91 Å². The predicted molar refractivity (Wildman–Crippen MR) is 87.7 cm³/mol. The molecule has 116 valence electrons. The van der Waals surface area contributed by atoms with Crippen molar-refractivity contribution in [3.63, 3.8) is 0 Å². The van der Waals surface area contributed by atoms with Gasteiger partial charge in [-0.05, 0) is 42.8 Å². The van der Waals surface area contributed by atoms with Gasteiger partial charge in [-0.1, -0.05) is 28.9 Å². The second kappa shape index (κ2) is 6.14. The Morgan fingerprint density at radius 1 is 1.22 bits per heavy atom. The zero-order chi connectivity index (χ0) is 16.4. The summed E-state index contributed by atoms with van der Waals surface area (Å²) in [6.07, 6.45) is 0. The van der Waals surface area contributed by atoms with Crippen LogP contribution in [0, 0.1) is 6.92 Å². The molecule has 0 fully saturated rings. The number of halogens is 1. The van der Waals surface area contributed by atoms with Crippen LogP contribution in [0.2, 0.25) is 5.02 Å². The molecule has 0 atom stereocenters. The number of hydrogen-bond donors (Lipinski definition) is 2. The molecule has 5 nitrogen and oxygen atoms in total. The molecule has 3 aromatic rings. The SMILES string of the molecule is Cc1cc(Cl)cc(NC(=O)c2cc(-c3cccc(O)c3)on2)c1. The highest BCUT2D eigenvalue weighted by molar-refractivity contribution is 6.31. The molecule has 2 N–H and O–H groups in total. The summed E-state index contributed by atoms with van der Waals surface area (Å²) in [5, 5.41) is 16.5. The van der Waals surface area contributed by atoms with Crippen LogP contribution in [-0.2, 0) is 0 Å². The second-order valence-corrected chi connectivity index (χ2v) is 5.53. The number of aromatic hydroxyl groups is 1. The Kier molecular flexibility index (Phi) is 4.04. The van der Waals surface area contributed by atoms with Crippen LogP contribution >= 0.6 is 11.6 Å². The highest BCUT2D eigenvalue weighted by atomic mass is 35.5. The highest BCUT2D eigenvalue weighted by Crippen LogP contribution is 2.24. The van der Waals surface area contributed by atoms with Gasteiger partial charge in [0.2, 0.25) is 0 Å². The largest absolute Gasteiger partial charge is 0.508 e. The maximum Gasteiger partial charge on any atom is 0.277 e. The average molecular weight is 329 g/mol. The molecule has 6 heteroatoms. The van der Waals surface area contributed by atoms with E-state index in [1.54, 1.807) is 36.4 Å². The minimum absolute atomic E-state index is 0.110. The Balaban J connectivity index is 1.81. The van der Waals surface area contributed by atoms with E-state index in [9.17, 15) is 9.90 Å². The molecular weight excluding hydrogens is 316 g/mol. The van der Waals surface area contributed by atoms with E-state index in [4.69, 9.17) is 16.1 Å². The topological polar surface area (TPSA) is 75.4 Å². The van der Waals surface area contributed by atoms with Gasteiger partial charge < -0.3 is 14.9 Å². The molecule has 1 aromatic heterocycles. The lowest BCUT2D eigenvalue weighted by Gasteiger charge is -2.04. The van der Waals surface area contributed by atoms with Crippen LogP contribution in [0.1, 0.15) is 16.1 Å². The minimum Gasteiger partial charge on any atom is -0.508 e. The predicted octanol–water partition coefficient (Wildman–Crippen LogP) is 4.26. The first-order chi connectivity index (χ1) is 11.0. The summed E-state index contributed by atoms with van der Waals surface area (Å²) in [5.74, 6) is 0.106. The molecule has 0 spiro atoms. The molecule has 1 heterocycles. The first-order valence-electron chi connectivity index (χ1n) is 6.86. The van der Waals surface area contributed by atoms with Gasteiger partial charge in [0.05, 0.1) is 0 Å². The van der Waals surface area contributed by atoms with Crippen molar-refractivity contribution in [2.45, 2.75) is 6.92 Å². The van der Waals surface area contributed by atoms with E-state index in [2.05, 4.69) is 10.5 Å². The van der Waals surface area contributed by atoms with Gasteiger partial charge in [-0.3, -0.25) is 4.79 Å². The monoisotopic (exact) mass is 328 g/mol. The minimum atomic E-state index is -0.401. The fourth-order valence-corrected chi connectivity index (χ4v) is 2.47. The van der Waals surface area contributed by atoms with Crippen LogP contribution in [0.25, 0.3) is 11.3 Å². The maximum absolute atomic E-state index is 12.2. The van der Waals surface area contributed by atoms with E-state index in [0.717, 1.165) is 5.56 Å². The summed E-state index contributed by atoms with van der Waals surface area (Å²) in [6.45, 7) is 1.89. The summed E-state index contributed by atoms with van der Waals surface area (Å²) < 4.78 is 5.16. The first-order valence-corrected chi connectivity index (χ1v) is 7.24. The molecule has 2 aromatic carbocycles. The Morgan fingerprint density at radius 3 is 2.78 bits per heavy atom. The van der Waals surface area contributed by atoms with Gasteiger partial charge in [0.1, 0.15) is 5.75 Å². The van der Waals surface area contributed by atoms with Crippen LogP contribution in [0.15, 0.2) is 53.1 Å². The van der Waals surface area contributed by atoms with Crippen LogP contribution in [0.4, 0.5) is 5.69 Å². The van der Waals surface area contributed by atoms with Crippen molar-refractivity contribution in [1.29, 1.82) is 0 Å². The van der Waals surface area contributed by atoms with Crippen molar-refractivity contribution in [2.24, 2.45) is 0 Å². The lowest BCUT2D eigenvalue weighted by atomic mass is 10.1. The molecule has 0 saturated carbocycles. The van der Waals surface area contributed by atoms with E-state index in [-0.39, 0.29) is 11.4 Å². The molecule has 0 aliphatic heterocycles. The third-order valence-electron chi connectivity index (χ3n) is 3.17. The molecule has 0 unspecified atom stereocenters. The molecule has 0 saturated heterocycles. The van der Waals surface area contributed by atoms with E-state index >= 15 is 0 Å². The third-order valence-corrected chi connectivity index (χ3v) is 3.39. The van der Waals surface area contributed by atoms with Crippen LogP contribution in [0.5, 0.6) is 5.75 Å². The number of nitrogens with zero attached hydrogens (tertiary/aromatic N) is 1. The van der Waals surface area contributed by atoms with Gasteiger partial charge in [-0.25, -0.2) is 0 Å². The number of phenols is 1. The normalized spacial score (nSPS) is 10.5. The number of carbonyl (C=O) groups is 1. The second-order valence-electron chi connectivity index (χ2n) is 5.10. The molecule has 0 radical (unpaired) electrons. The number of hydrogen-bond acceptors (Lipinski definition) is 4. The maximum atomic E-state index is 12.2. The van der Waals surface area contributed by atoms with Crippen LogP contribution in [0.3, 0.4) is 0 Å². The number of nitrogens with one attached hydrogen (secondary N) is 1. The van der Waals surface area contributed by atoms with E-state index in [0.29, 0.717) is 22.0 Å². The number of phenolic OH excluding ortho intramolecular Hbond substituents is 1. The van der Waals surface area contributed by atoms with Crippen molar-refractivity contribution in [3.8, 4) is 17.1 Å². The molecular formula is C17H13ClN2O3. The summed E-state index contributed by atoms with van der Waals surface area (Å²) in [6, 6.07) is 13.3. The smallest absolute Gasteiger partial charge is 0.277 e. The van der Waals surface area contributed by atoms with Gasteiger partial charge in [0.15, 0.2) is 11.5 Å². The van der Waals surface area contributed by atoms with E-state index in [1.807, 2.05) is 6.92 Å². The van der Waals surface area contributed by atoms with E-state index < -0.39 is 5.91 Å². The van der Waals surface area contributed by atoms with Crippen molar-refractivity contribution in [1.82, 2.24) is 5.16 Å². The number of rotatable bonds is 3. The van der Waals surface area contributed by atoms with Crippen LogP contribution < -0.4 is 5.32 Å². The van der Waals surface area contributed by atoms with Gasteiger partial charge in [-0.15, -0.1) is 0 Å². The standard InChI is InChI=1S/C17H13ClN2O3/c1-10-5-12(18)8-13(6-10)19-17(22)15-9-16(23-20-15)11-3-2-4-14(21)7-11/h2-9,21H,1H3,(H,19,22). The Morgan fingerprint density at radius 2 is 2.04 bits per heavy atom. The van der Waals surface area contributed by atoms with Crippen molar-refractivity contribution in [3.05, 3.63) is 64.8 Å². The molecule has 3 rings (SSSR count). The van der Waals surface area contributed by atoms with Gasteiger partial charge >= 0.3 is 0 Å². The fraction of sp³-hybridized carbons (Fsp3) is 0.0588. The summed E-state index contributed by atoms with van der Waals surface area (Å²) in [5.41, 5.74) is 2.30. The van der Waals surface area contributed by atoms with Crippen molar-refractivity contribution < 1.29 is 14.4 Å². The zero-order valence-electron chi connectivity index (χ0n) is 12.2. The number of aromatic nitrogens is 1. The average Bonchev–Trinajstić information content (AvgIpc) is 2.96. The van der Waals surface area contributed by atoms with Crippen molar-refractivity contribution >= 4 is 23.2 Å².